The molecule has 3 atom stereocenters. The fourth-order valence-electron chi connectivity index (χ4n) is 3.46. The lowest BCUT2D eigenvalue weighted by Gasteiger charge is -2.45. The van der Waals surface area contributed by atoms with Crippen molar-refractivity contribution in [1.82, 2.24) is 10.6 Å². The number of nitrogens with one attached hydrogen (secondary N) is 2. The van der Waals surface area contributed by atoms with Gasteiger partial charge < -0.3 is 25.2 Å². The number of halogens is 3. The summed E-state index contributed by atoms with van der Waals surface area (Å²) in [5, 5.41) is 14.4. The van der Waals surface area contributed by atoms with Crippen LogP contribution in [0.4, 0.5) is 18.0 Å². The van der Waals surface area contributed by atoms with Crippen LogP contribution in [0.2, 0.25) is 0 Å². The van der Waals surface area contributed by atoms with E-state index in [-0.39, 0.29) is 16.9 Å². The van der Waals surface area contributed by atoms with Crippen LogP contribution in [0, 0.1) is 5.92 Å². The summed E-state index contributed by atoms with van der Waals surface area (Å²) in [6.07, 6.45) is -5.34. The molecule has 7 nitrogen and oxygen atoms in total. The minimum Gasteiger partial charge on any atom is -0.497 e. The molecular formula is C20H19F3N2O5. The van der Waals surface area contributed by atoms with Gasteiger partial charge in [-0.25, -0.2) is 4.79 Å². The number of hydrogen-bond donors (Lipinski definition) is 3. The van der Waals surface area contributed by atoms with E-state index in [4.69, 9.17) is 9.47 Å². The molecule has 0 bridgehead atoms. The number of alkyl halides is 3. The van der Waals surface area contributed by atoms with E-state index in [1.54, 1.807) is 6.07 Å². The van der Waals surface area contributed by atoms with Gasteiger partial charge in [0, 0.05) is 11.1 Å². The minimum atomic E-state index is -5.34. The molecule has 30 heavy (non-hydrogen) atoms. The van der Waals surface area contributed by atoms with Crippen molar-refractivity contribution in [3.05, 3.63) is 59.7 Å². The van der Waals surface area contributed by atoms with Crippen LogP contribution >= 0.6 is 0 Å². The zero-order chi connectivity index (χ0) is 22.1. The number of aliphatic hydroxyl groups is 1. The summed E-state index contributed by atoms with van der Waals surface area (Å²) in [5.74, 6) is -2.61. The molecule has 0 unspecified atom stereocenters. The van der Waals surface area contributed by atoms with E-state index in [0.29, 0.717) is 5.75 Å². The number of amides is 2. The Kier molecular flexibility index (Phi) is 5.62. The van der Waals surface area contributed by atoms with E-state index in [2.05, 4.69) is 5.32 Å². The minimum absolute atomic E-state index is 0.0960. The summed E-state index contributed by atoms with van der Waals surface area (Å²) in [4.78, 5) is 25.3. The second-order valence-corrected chi connectivity index (χ2v) is 6.65. The first kappa shape index (κ1) is 21.4. The number of Topliss-reactive ketones (excluding diaryl/α,β-unsaturated/α-hetero) is 1. The number of methoxy groups -OCH3 is 2. The van der Waals surface area contributed by atoms with E-state index >= 15 is 0 Å². The number of carbonyl (C=O) groups excluding carboxylic acids is 2. The third-order valence-corrected chi connectivity index (χ3v) is 4.94. The highest BCUT2D eigenvalue weighted by molar-refractivity contribution is 6.00. The van der Waals surface area contributed by atoms with Gasteiger partial charge in [0.25, 0.3) is 0 Å². The van der Waals surface area contributed by atoms with Gasteiger partial charge in [-0.05, 0) is 30.3 Å². The molecule has 2 amide bonds. The first-order valence-corrected chi connectivity index (χ1v) is 8.81. The molecule has 2 aromatic carbocycles. The molecule has 1 aliphatic rings. The number of ether oxygens (including phenoxy) is 2. The number of rotatable bonds is 5. The van der Waals surface area contributed by atoms with Crippen LogP contribution < -0.4 is 20.1 Å². The van der Waals surface area contributed by atoms with Crippen LogP contribution in [0.1, 0.15) is 22.0 Å². The molecule has 0 aliphatic carbocycles. The highest BCUT2D eigenvalue weighted by Crippen LogP contribution is 2.45. The molecule has 10 heteroatoms. The summed E-state index contributed by atoms with van der Waals surface area (Å²) in [6.45, 7) is 0. The first-order chi connectivity index (χ1) is 14.1. The van der Waals surface area contributed by atoms with Crippen molar-refractivity contribution in [1.29, 1.82) is 0 Å². The van der Waals surface area contributed by atoms with Gasteiger partial charge in [-0.2, -0.15) is 13.2 Å². The second kappa shape index (κ2) is 7.86. The van der Waals surface area contributed by atoms with E-state index in [9.17, 15) is 27.9 Å². The van der Waals surface area contributed by atoms with Crippen molar-refractivity contribution in [2.75, 3.05) is 14.2 Å². The summed E-state index contributed by atoms with van der Waals surface area (Å²) in [5.41, 5.74) is -3.79. The Labute approximate surface area is 169 Å². The molecule has 0 spiro atoms. The third kappa shape index (κ3) is 3.65. The number of para-hydroxylation sites is 1. The summed E-state index contributed by atoms with van der Waals surface area (Å²) in [6, 6.07) is 8.60. The molecule has 1 heterocycles. The highest BCUT2D eigenvalue weighted by Gasteiger charge is 2.66. The van der Waals surface area contributed by atoms with Crippen molar-refractivity contribution < 1.29 is 37.3 Å². The molecule has 3 rings (SSSR count). The molecule has 0 radical (unpaired) electrons. The molecule has 1 fully saturated rings. The Bertz CT molecular complexity index is 948. The zero-order valence-corrected chi connectivity index (χ0v) is 16.0. The lowest BCUT2D eigenvalue weighted by molar-refractivity contribution is -0.287. The fourth-order valence-corrected chi connectivity index (χ4v) is 3.46. The molecule has 1 saturated heterocycles. The fraction of sp³-hybridized carbons (Fsp3) is 0.300. The summed E-state index contributed by atoms with van der Waals surface area (Å²) < 4.78 is 51.9. The van der Waals surface area contributed by atoms with Gasteiger partial charge in [-0.3, -0.25) is 4.79 Å². The maximum Gasteiger partial charge on any atom is 0.437 e. The van der Waals surface area contributed by atoms with Crippen molar-refractivity contribution in [2.24, 2.45) is 5.92 Å². The van der Waals surface area contributed by atoms with Gasteiger partial charge in [0.1, 0.15) is 17.4 Å². The van der Waals surface area contributed by atoms with Crippen molar-refractivity contribution >= 4 is 11.8 Å². The van der Waals surface area contributed by atoms with Gasteiger partial charge in [-0.15, -0.1) is 0 Å². The average molecular weight is 424 g/mol. The number of benzene rings is 2. The number of carbonyl (C=O) groups is 2. The maximum atomic E-state index is 13.9. The Morgan fingerprint density at radius 1 is 1.07 bits per heavy atom. The molecule has 1 aliphatic heterocycles. The van der Waals surface area contributed by atoms with Crippen molar-refractivity contribution in [3.63, 3.8) is 0 Å². The van der Waals surface area contributed by atoms with Crippen LogP contribution in [-0.4, -0.2) is 43.0 Å². The van der Waals surface area contributed by atoms with E-state index in [1.807, 2.05) is 0 Å². The maximum absolute atomic E-state index is 13.9. The Morgan fingerprint density at radius 2 is 1.70 bits per heavy atom. The van der Waals surface area contributed by atoms with Gasteiger partial charge in [-0.1, -0.05) is 18.2 Å². The van der Waals surface area contributed by atoms with E-state index < -0.39 is 35.7 Å². The number of urea groups is 1. The standard InChI is InChI=1S/C20H19F3N2O5/c1-29-12-9-7-11(8-10-12)17(26)15-16(13-5-3-4-6-14(13)30-2)24-18(27)25-19(15,28)20(21,22)23/h3-10,15-16,28H,1-2H3,(H2,24,25,27)/t15-,16-,19-/m1/s1. The average Bonchev–Trinajstić information content (AvgIpc) is 2.72. The summed E-state index contributed by atoms with van der Waals surface area (Å²) >= 11 is 0. The van der Waals surface area contributed by atoms with Gasteiger partial charge >= 0.3 is 12.2 Å². The number of hydrogen-bond acceptors (Lipinski definition) is 5. The molecule has 0 aromatic heterocycles. The molecule has 2 aromatic rings. The van der Waals surface area contributed by atoms with Crippen LogP contribution in [0.25, 0.3) is 0 Å². The van der Waals surface area contributed by atoms with E-state index in [0.717, 1.165) is 0 Å². The topological polar surface area (TPSA) is 96.9 Å². The lowest BCUT2D eigenvalue weighted by atomic mass is 9.77. The van der Waals surface area contributed by atoms with Crippen LogP contribution in [0.15, 0.2) is 48.5 Å². The highest BCUT2D eigenvalue weighted by atomic mass is 19.4. The predicted octanol–water partition coefficient (Wildman–Crippen LogP) is 2.81. The van der Waals surface area contributed by atoms with Crippen LogP contribution in [-0.2, 0) is 0 Å². The Hall–Kier alpha value is -3.27. The molecular weight excluding hydrogens is 405 g/mol. The van der Waals surface area contributed by atoms with Crippen molar-refractivity contribution in [3.8, 4) is 11.5 Å². The molecule has 160 valence electrons. The summed E-state index contributed by atoms with van der Waals surface area (Å²) in [7, 11) is 2.70. The second-order valence-electron chi connectivity index (χ2n) is 6.65. The zero-order valence-electron chi connectivity index (χ0n) is 16.0. The van der Waals surface area contributed by atoms with Gasteiger partial charge in [0.15, 0.2) is 5.78 Å². The number of ketones is 1. The van der Waals surface area contributed by atoms with Crippen LogP contribution in [0.5, 0.6) is 11.5 Å². The largest absolute Gasteiger partial charge is 0.497 e. The normalized spacial score (nSPS) is 23.9. The first-order valence-electron chi connectivity index (χ1n) is 8.81. The third-order valence-electron chi connectivity index (χ3n) is 4.94. The Morgan fingerprint density at radius 3 is 2.27 bits per heavy atom. The predicted molar refractivity (Wildman–Crippen MR) is 99.2 cm³/mol. The van der Waals surface area contributed by atoms with Crippen LogP contribution in [0.3, 0.4) is 0 Å². The SMILES string of the molecule is COc1ccc(C(=O)[C@H]2[C@@H](c3ccccc3OC)NC(=O)N[C@]2(O)C(F)(F)F)cc1. The van der Waals surface area contributed by atoms with E-state index in [1.165, 1.54) is 62.0 Å². The van der Waals surface area contributed by atoms with Gasteiger partial charge in [0.2, 0.25) is 5.72 Å². The van der Waals surface area contributed by atoms with Gasteiger partial charge in [0.05, 0.1) is 20.3 Å². The molecule has 0 saturated carbocycles. The smallest absolute Gasteiger partial charge is 0.437 e. The lowest BCUT2D eigenvalue weighted by Crippen LogP contribution is -2.72. The van der Waals surface area contributed by atoms with Crippen molar-refractivity contribution in [2.45, 2.75) is 17.9 Å². The monoisotopic (exact) mass is 424 g/mol. The molecule has 3 N–H and O–H groups in total. The quantitative estimate of drug-likeness (QED) is 0.642. The Balaban J connectivity index is 2.17.